The van der Waals surface area contributed by atoms with Gasteiger partial charge in [-0.3, -0.25) is 24.4 Å². The molecule has 4 heterocycles. The summed E-state index contributed by atoms with van der Waals surface area (Å²) in [6, 6.07) is 9.25. The number of piperidine rings is 1. The second-order valence-corrected chi connectivity index (χ2v) is 8.27. The van der Waals surface area contributed by atoms with Gasteiger partial charge in [0.1, 0.15) is 12.4 Å². The van der Waals surface area contributed by atoms with E-state index in [0.29, 0.717) is 50.7 Å². The molecule has 1 saturated heterocycles. The van der Waals surface area contributed by atoms with Crippen molar-refractivity contribution in [1.82, 2.24) is 19.6 Å². The Balaban J connectivity index is 1.47. The van der Waals surface area contributed by atoms with Gasteiger partial charge in [0.25, 0.3) is 0 Å². The number of aromatic nitrogens is 2. The van der Waals surface area contributed by atoms with E-state index < -0.39 is 0 Å². The predicted molar refractivity (Wildman–Crippen MR) is 118 cm³/mol. The summed E-state index contributed by atoms with van der Waals surface area (Å²) in [7, 11) is 0. The summed E-state index contributed by atoms with van der Waals surface area (Å²) in [5, 5.41) is 4.53. The van der Waals surface area contributed by atoms with Gasteiger partial charge in [-0.1, -0.05) is 18.2 Å². The molecule has 0 spiro atoms. The molecule has 0 radical (unpaired) electrons. The molecular formula is C22H25N7O3. The first-order chi connectivity index (χ1) is 15.5. The molecule has 4 amide bonds. The number of carbonyl (C=O) groups excluding carboxylic acids is 3. The highest BCUT2D eigenvalue weighted by Gasteiger charge is 2.41. The third kappa shape index (κ3) is 3.41. The van der Waals surface area contributed by atoms with E-state index >= 15 is 0 Å². The van der Waals surface area contributed by atoms with Crippen LogP contribution < -0.4 is 10.6 Å². The number of aliphatic imine (C=N–C) groups is 1. The fraction of sp³-hybridized carbons (Fsp3) is 0.409. The number of benzene rings is 1. The van der Waals surface area contributed by atoms with Crippen molar-refractivity contribution < 1.29 is 14.4 Å². The molecule has 2 aromatic rings. The highest BCUT2D eigenvalue weighted by atomic mass is 16.2. The van der Waals surface area contributed by atoms with Crippen LogP contribution >= 0.6 is 0 Å². The molecule has 0 aliphatic carbocycles. The Labute approximate surface area is 185 Å². The van der Waals surface area contributed by atoms with Crippen molar-refractivity contribution in [2.45, 2.75) is 19.3 Å². The standard InChI is InChI=1S/C22H25N7O3/c23-19(31)15-7-11-26(12-8-15)18(30)14-28-21-17(20-24-9-4-10-27(20)22(28)32)13-25-29(21)16-5-2-1-3-6-16/h1-3,5-6,13,15H,4,7-12,14H2,(H2,23,31). The van der Waals surface area contributed by atoms with Gasteiger partial charge >= 0.3 is 6.03 Å². The zero-order chi connectivity index (χ0) is 22.2. The van der Waals surface area contributed by atoms with Crippen LogP contribution in [-0.4, -0.2) is 76.0 Å². The molecule has 10 heteroatoms. The molecule has 32 heavy (non-hydrogen) atoms. The van der Waals surface area contributed by atoms with Gasteiger partial charge in [0.2, 0.25) is 11.8 Å². The fourth-order valence-electron chi connectivity index (χ4n) is 4.57. The number of amides is 4. The van der Waals surface area contributed by atoms with Crippen molar-refractivity contribution in [1.29, 1.82) is 0 Å². The maximum atomic E-state index is 13.5. The van der Waals surface area contributed by atoms with Crippen LogP contribution in [0.15, 0.2) is 41.5 Å². The first kappa shape index (κ1) is 20.2. The van der Waals surface area contributed by atoms with Gasteiger partial charge in [0.05, 0.1) is 17.4 Å². The predicted octanol–water partition coefficient (Wildman–Crippen LogP) is 0.989. The lowest BCUT2D eigenvalue weighted by atomic mass is 9.96. The average molecular weight is 435 g/mol. The lowest BCUT2D eigenvalue weighted by Gasteiger charge is -2.39. The van der Waals surface area contributed by atoms with E-state index in [1.54, 1.807) is 20.7 Å². The zero-order valence-electron chi connectivity index (χ0n) is 17.7. The first-order valence-corrected chi connectivity index (χ1v) is 10.9. The topological polar surface area (TPSA) is 117 Å². The van der Waals surface area contributed by atoms with Gasteiger partial charge in [-0.2, -0.15) is 5.10 Å². The molecule has 0 bridgehead atoms. The summed E-state index contributed by atoms with van der Waals surface area (Å²) in [5.41, 5.74) is 6.95. The molecule has 2 N–H and O–H groups in total. The number of nitrogens with two attached hydrogens (primary N) is 1. The molecule has 1 fully saturated rings. The molecule has 1 aromatic carbocycles. The van der Waals surface area contributed by atoms with E-state index in [4.69, 9.17) is 5.73 Å². The largest absolute Gasteiger partial charge is 0.369 e. The van der Waals surface area contributed by atoms with Crippen molar-refractivity contribution in [3.05, 3.63) is 42.1 Å². The second-order valence-electron chi connectivity index (χ2n) is 8.27. The lowest BCUT2D eigenvalue weighted by molar-refractivity contribution is -0.133. The Bertz CT molecular complexity index is 1090. The summed E-state index contributed by atoms with van der Waals surface area (Å²) in [6.07, 6.45) is 3.58. The highest BCUT2D eigenvalue weighted by Crippen LogP contribution is 2.33. The molecule has 166 valence electrons. The number of nitrogens with zero attached hydrogens (tertiary/aromatic N) is 6. The second kappa shape index (κ2) is 8.10. The van der Waals surface area contributed by atoms with Crippen molar-refractivity contribution in [2.75, 3.05) is 37.6 Å². The zero-order valence-corrected chi connectivity index (χ0v) is 17.7. The number of amidine groups is 1. The van der Waals surface area contributed by atoms with Gasteiger partial charge in [-0.05, 0) is 31.4 Å². The van der Waals surface area contributed by atoms with Gasteiger partial charge in [0, 0.05) is 32.1 Å². The number of likely N-dealkylation sites (tertiary alicyclic amines) is 1. The molecule has 0 unspecified atom stereocenters. The number of para-hydroxylation sites is 1. The number of fused-ring (bicyclic) bond motifs is 3. The van der Waals surface area contributed by atoms with Crippen LogP contribution in [0.25, 0.3) is 5.69 Å². The van der Waals surface area contributed by atoms with E-state index in [0.717, 1.165) is 17.7 Å². The van der Waals surface area contributed by atoms with Gasteiger partial charge in [-0.15, -0.1) is 0 Å². The number of hydrogen-bond donors (Lipinski definition) is 1. The van der Waals surface area contributed by atoms with Gasteiger partial charge < -0.3 is 10.6 Å². The van der Waals surface area contributed by atoms with E-state index in [1.807, 2.05) is 30.3 Å². The molecule has 0 atom stereocenters. The van der Waals surface area contributed by atoms with Crippen molar-refractivity contribution in [3.8, 4) is 5.69 Å². The molecular weight excluding hydrogens is 410 g/mol. The third-order valence-electron chi connectivity index (χ3n) is 6.30. The summed E-state index contributed by atoms with van der Waals surface area (Å²) < 4.78 is 1.69. The third-order valence-corrected chi connectivity index (χ3v) is 6.30. The molecule has 3 aliphatic rings. The van der Waals surface area contributed by atoms with Gasteiger partial charge in [-0.25, -0.2) is 9.48 Å². The SMILES string of the molecule is NC(=O)C1CCN(C(=O)CN2C(=O)N3CCCN=C3c3cnn(-c4ccccc4)c32)CC1. The van der Waals surface area contributed by atoms with Crippen LogP contribution in [0.2, 0.25) is 0 Å². The molecule has 1 aromatic heterocycles. The van der Waals surface area contributed by atoms with E-state index in [-0.39, 0.29) is 30.3 Å². The van der Waals surface area contributed by atoms with E-state index in [1.165, 1.54) is 4.90 Å². The number of hydrogen-bond acceptors (Lipinski definition) is 5. The smallest absolute Gasteiger partial charge is 0.331 e. The van der Waals surface area contributed by atoms with Crippen LogP contribution in [0.5, 0.6) is 0 Å². The Morgan fingerprint density at radius 2 is 1.84 bits per heavy atom. The number of urea groups is 1. The number of primary amides is 1. The Morgan fingerprint density at radius 3 is 2.56 bits per heavy atom. The molecule has 3 aliphatic heterocycles. The van der Waals surface area contributed by atoms with Crippen LogP contribution in [0.1, 0.15) is 24.8 Å². The maximum Gasteiger partial charge on any atom is 0.331 e. The van der Waals surface area contributed by atoms with Crippen LogP contribution in [0, 0.1) is 5.92 Å². The number of carbonyl (C=O) groups is 3. The molecule has 10 nitrogen and oxygen atoms in total. The minimum atomic E-state index is -0.323. The van der Waals surface area contributed by atoms with E-state index in [9.17, 15) is 14.4 Å². The van der Waals surface area contributed by atoms with Crippen LogP contribution in [-0.2, 0) is 9.59 Å². The van der Waals surface area contributed by atoms with Crippen molar-refractivity contribution in [3.63, 3.8) is 0 Å². The average Bonchev–Trinajstić information content (AvgIpc) is 3.27. The van der Waals surface area contributed by atoms with Crippen LogP contribution in [0.4, 0.5) is 10.6 Å². The lowest BCUT2D eigenvalue weighted by Crippen LogP contribution is -2.56. The van der Waals surface area contributed by atoms with Crippen molar-refractivity contribution in [2.24, 2.45) is 16.6 Å². The summed E-state index contributed by atoms with van der Waals surface area (Å²) >= 11 is 0. The summed E-state index contributed by atoms with van der Waals surface area (Å²) in [4.78, 5) is 47.5. The molecule has 0 saturated carbocycles. The number of anilines is 1. The summed E-state index contributed by atoms with van der Waals surface area (Å²) in [5.74, 6) is 0.485. The minimum absolute atomic E-state index is 0.102. The molecule has 5 rings (SSSR count). The number of rotatable bonds is 4. The normalized spacial score (nSPS) is 18.8. The summed E-state index contributed by atoms with van der Waals surface area (Å²) in [6.45, 7) is 2.02. The van der Waals surface area contributed by atoms with Gasteiger partial charge in [0.15, 0.2) is 5.82 Å². The maximum absolute atomic E-state index is 13.5. The Morgan fingerprint density at radius 1 is 1.09 bits per heavy atom. The van der Waals surface area contributed by atoms with Crippen LogP contribution in [0.3, 0.4) is 0 Å². The quantitative estimate of drug-likeness (QED) is 0.771. The first-order valence-electron chi connectivity index (χ1n) is 10.9. The monoisotopic (exact) mass is 435 g/mol. The van der Waals surface area contributed by atoms with E-state index in [2.05, 4.69) is 10.1 Å². The minimum Gasteiger partial charge on any atom is -0.369 e. The Hall–Kier alpha value is -3.69. The fourth-order valence-corrected chi connectivity index (χ4v) is 4.57. The van der Waals surface area contributed by atoms with Crippen molar-refractivity contribution >= 4 is 29.5 Å². The highest BCUT2D eigenvalue weighted by molar-refractivity contribution is 6.19. The Kier molecular flexibility index (Phi) is 5.12.